The lowest BCUT2D eigenvalue weighted by Crippen LogP contribution is -2.00. The highest BCUT2D eigenvalue weighted by Gasteiger charge is 2.20. The molecule has 9 rings (SSSR count). The number of benzene rings is 4. The maximum Gasteiger partial charge on any atom is 0.185 e. The summed E-state index contributed by atoms with van der Waals surface area (Å²) in [6, 6.07) is 40.5. The van der Waals surface area contributed by atoms with E-state index in [1.54, 1.807) is 27.7 Å². The van der Waals surface area contributed by atoms with Crippen LogP contribution in [0.15, 0.2) is 121 Å². The Morgan fingerprint density at radius 3 is 0.825 bits per heavy atom. The topological polar surface area (TPSA) is 163 Å². The third kappa shape index (κ3) is 15.6. The molecule has 12 nitrogen and oxygen atoms in total. The highest BCUT2D eigenvalue weighted by atomic mass is 32.2. The fourth-order valence-corrected chi connectivity index (χ4v) is 11.4. The normalized spacial score (nSPS) is 11.7. The van der Waals surface area contributed by atoms with Crippen LogP contribution in [-0.2, 0) is 19.2 Å². The van der Waals surface area contributed by atoms with Crippen molar-refractivity contribution in [2.24, 2.45) is 0 Å². The molecule has 0 fully saturated rings. The van der Waals surface area contributed by atoms with Gasteiger partial charge in [-0.05, 0) is 145 Å². The number of aromatic amines is 2. The minimum Gasteiger partial charge on any atom is -0.494 e. The molecule has 0 radical (unpaired) electrons. The van der Waals surface area contributed by atoms with Crippen LogP contribution in [-0.4, -0.2) is 89.8 Å². The summed E-state index contributed by atoms with van der Waals surface area (Å²) in [7, 11) is 0. The quantitative estimate of drug-likeness (QED) is 0.0550. The van der Waals surface area contributed by atoms with Gasteiger partial charge in [-0.25, -0.2) is 9.97 Å². The highest BCUT2D eigenvalue weighted by Crippen LogP contribution is 2.40. The first-order valence-corrected chi connectivity index (χ1v) is 30.5. The SMILES string of the molecule is CC(=O)SCCCOc1cccc(-c2c3nc(c(-c4cccc(OCCCSC(C)=O)c4)c4ccc([nH]4)c(-c4cccc(OCCCSC(C)=O)c4)c4nc(c(-c5cccc(OCCCSC(C)=O)c5)c5ccc2[nH]5)C=C4)C=C3)c1. The summed E-state index contributed by atoms with van der Waals surface area (Å²) >= 11 is 5.19. The molecule has 0 saturated heterocycles. The van der Waals surface area contributed by atoms with Crippen LogP contribution in [0, 0.1) is 0 Å². The van der Waals surface area contributed by atoms with E-state index in [2.05, 4.69) is 82.8 Å². The number of fused-ring (bicyclic) bond motifs is 8. The second-order valence-electron chi connectivity index (χ2n) is 18.8. The predicted molar refractivity (Wildman–Crippen MR) is 334 cm³/mol. The van der Waals surface area contributed by atoms with Crippen molar-refractivity contribution < 1.29 is 38.1 Å². The van der Waals surface area contributed by atoms with Gasteiger partial charge in [-0.3, -0.25) is 19.2 Å². The second-order valence-corrected chi connectivity index (χ2v) is 23.9. The zero-order valence-corrected chi connectivity index (χ0v) is 48.4. The molecule has 0 amide bonds. The fraction of sp³-hybridized carbons (Fsp3) is 0.250. The molecule has 16 heteroatoms. The Morgan fingerprint density at radius 2 is 0.600 bits per heavy atom. The summed E-state index contributed by atoms with van der Waals surface area (Å²) in [4.78, 5) is 65.3. The second kappa shape index (κ2) is 28.3. The minimum atomic E-state index is 0.0859. The van der Waals surface area contributed by atoms with Gasteiger partial charge in [0.25, 0.3) is 0 Å². The Kier molecular flexibility index (Phi) is 20.3. The molecule has 8 bridgehead atoms. The van der Waals surface area contributed by atoms with E-state index in [1.807, 2.05) is 72.8 Å². The number of carbonyl (C=O) groups excluding carboxylic acids is 4. The predicted octanol–water partition coefficient (Wildman–Crippen LogP) is 15.5. The van der Waals surface area contributed by atoms with Crippen molar-refractivity contribution in [3.05, 3.63) is 144 Å². The first-order valence-electron chi connectivity index (χ1n) is 26.6. The molecule has 4 aromatic carbocycles. The van der Waals surface area contributed by atoms with E-state index in [-0.39, 0.29) is 20.5 Å². The molecular weight excluding hydrogens is 1080 g/mol. The molecule has 0 saturated carbocycles. The van der Waals surface area contributed by atoms with Crippen LogP contribution in [0.2, 0.25) is 0 Å². The summed E-state index contributed by atoms with van der Waals surface area (Å²) in [6.07, 6.45) is 11.1. The van der Waals surface area contributed by atoms with Gasteiger partial charge in [0.05, 0.1) is 49.2 Å². The minimum absolute atomic E-state index is 0.0859. The molecule has 0 unspecified atom stereocenters. The summed E-state index contributed by atoms with van der Waals surface area (Å²) < 4.78 is 25.2. The zero-order valence-electron chi connectivity index (χ0n) is 45.1. The largest absolute Gasteiger partial charge is 0.494 e. The number of carbonyl (C=O) groups is 4. The van der Waals surface area contributed by atoms with Crippen LogP contribution in [0.4, 0.5) is 0 Å². The number of ether oxygens (including phenoxy) is 4. The van der Waals surface area contributed by atoms with Crippen LogP contribution >= 0.6 is 47.0 Å². The first-order chi connectivity index (χ1) is 38.9. The van der Waals surface area contributed by atoms with Gasteiger partial charge >= 0.3 is 0 Å². The van der Waals surface area contributed by atoms with Crippen molar-refractivity contribution in [2.45, 2.75) is 53.4 Å². The van der Waals surface area contributed by atoms with Gasteiger partial charge in [0.2, 0.25) is 0 Å². The number of H-pyrrole nitrogens is 2. The maximum absolute atomic E-state index is 11.6. The van der Waals surface area contributed by atoms with E-state index in [9.17, 15) is 19.2 Å². The van der Waals surface area contributed by atoms with E-state index in [1.165, 1.54) is 47.0 Å². The van der Waals surface area contributed by atoms with Gasteiger partial charge in [-0.15, -0.1) is 0 Å². The number of thioether (sulfide) groups is 4. The van der Waals surface area contributed by atoms with Crippen LogP contribution in [0.1, 0.15) is 76.2 Å². The van der Waals surface area contributed by atoms with Gasteiger partial charge in [0.15, 0.2) is 20.5 Å². The summed E-state index contributed by atoms with van der Waals surface area (Å²) in [6.45, 7) is 8.13. The van der Waals surface area contributed by atoms with Gasteiger partial charge < -0.3 is 28.9 Å². The van der Waals surface area contributed by atoms with Crippen LogP contribution < -0.4 is 18.9 Å². The van der Waals surface area contributed by atoms with Crippen molar-refractivity contribution in [3.8, 4) is 67.5 Å². The lowest BCUT2D eigenvalue weighted by Gasteiger charge is -2.11. The van der Waals surface area contributed by atoms with Crippen LogP contribution in [0.3, 0.4) is 0 Å². The molecule has 7 aromatic rings. The Bertz CT molecular complexity index is 3180. The number of nitrogens with zero attached hydrogens (tertiary/aromatic N) is 2. The number of hydrogen-bond acceptors (Lipinski definition) is 14. The van der Waals surface area contributed by atoms with Crippen molar-refractivity contribution in [1.82, 2.24) is 19.9 Å². The Labute approximate surface area is 483 Å². The van der Waals surface area contributed by atoms with Crippen LogP contribution in [0.25, 0.3) is 90.9 Å². The van der Waals surface area contributed by atoms with Crippen LogP contribution in [0.5, 0.6) is 23.0 Å². The number of aromatic nitrogens is 4. The number of hydrogen-bond donors (Lipinski definition) is 2. The van der Waals surface area contributed by atoms with Gasteiger partial charge in [-0.1, -0.05) is 95.6 Å². The van der Waals surface area contributed by atoms with Crippen molar-refractivity contribution >= 4 is 114 Å². The lowest BCUT2D eigenvalue weighted by molar-refractivity contribution is -0.109. The fourth-order valence-electron chi connectivity index (χ4n) is 9.25. The average Bonchev–Trinajstić information content (AvgIpc) is 4.34. The van der Waals surface area contributed by atoms with Gasteiger partial charge in [-0.2, -0.15) is 0 Å². The molecule has 2 aliphatic heterocycles. The Balaban J connectivity index is 1.27. The molecule has 410 valence electrons. The zero-order chi connectivity index (χ0) is 55.8. The monoisotopic (exact) mass is 1140 g/mol. The standard InChI is InChI=1S/C64H62N4O8S4/c1-41(69)77-33-9-29-73-49-17-5-13-45(37-49)61-53-21-23-55(65-53)62(46-14-6-18-50(38-46)74-30-10-34-78-42(2)70)57-25-27-59(67-57)64(48-16-8-20-52(40-48)76-32-12-36-80-44(4)72)60-28-26-58(68-60)63(56-24-22-54(61)66-56)47-15-7-19-51(39-47)75-31-11-35-79-43(3)71/h5-8,13-28,37-40,65,68H,9-12,29-36H2,1-4H3. The Hall–Kier alpha value is -7.24. The lowest BCUT2D eigenvalue weighted by atomic mass is 10.0. The van der Waals surface area contributed by atoms with E-state index >= 15 is 0 Å². The number of rotatable bonds is 24. The van der Waals surface area contributed by atoms with E-state index in [0.29, 0.717) is 98.1 Å². The molecular formula is C64H62N4O8S4. The van der Waals surface area contributed by atoms with Gasteiger partial charge in [0, 0.05) is 95.0 Å². The van der Waals surface area contributed by atoms with Gasteiger partial charge in [0.1, 0.15) is 23.0 Å². The molecule has 5 heterocycles. The first kappa shape index (κ1) is 57.4. The molecule has 80 heavy (non-hydrogen) atoms. The Morgan fingerprint density at radius 1 is 0.362 bits per heavy atom. The van der Waals surface area contributed by atoms with Crippen molar-refractivity contribution in [2.75, 3.05) is 49.4 Å². The third-order valence-corrected chi connectivity index (χ3v) is 16.3. The molecule has 3 aromatic heterocycles. The molecule has 2 N–H and O–H groups in total. The molecule has 0 atom stereocenters. The van der Waals surface area contributed by atoms with Crippen molar-refractivity contribution in [1.29, 1.82) is 0 Å². The summed E-state index contributed by atoms with van der Waals surface area (Å²) in [5, 5.41) is 0.344. The number of nitrogens with one attached hydrogen (secondary N) is 2. The smallest absolute Gasteiger partial charge is 0.185 e. The van der Waals surface area contributed by atoms with E-state index < -0.39 is 0 Å². The summed E-state index contributed by atoms with van der Waals surface area (Å²) in [5.74, 6) is 5.48. The van der Waals surface area contributed by atoms with E-state index in [0.717, 1.165) is 89.4 Å². The summed E-state index contributed by atoms with van der Waals surface area (Å²) in [5.41, 5.74) is 13.1. The highest BCUT2D eigenvalue weighted by molar-refractivity contribution is 8.14. The van der Waals surface area contributed by atoms with E-state index in [4.69, 9.17) is 28.9 Å². The molecule has 0 aliphatic carbocycles. The maximum atomic E-state index is 11.6. The molecule has 0 spiro atoms. The average molecular weight is 1140 g/mol. The van der Waals surface area contributed by atoms with Crippen molar-refractivity contribution in [3.63, 3.8) is 0 Å². The third-order valence-electron chi connectivity index (χ3n) is 12.7. The molecule has 2 aliphatic rings.